The fraction of sp³-hybridized carbons (Fsp3) is 0.471. The van der Waals surface area contributed by atoms with Gasteiger partial charge in [0.1, 0.15) is 6.04 Å². The van der Waals surface area contributed by atoms with Gasteiger partial charge in [0.05, 0.1) is 0 Å². The fourth-order valence-corrected chi connectivity index (χ4v) is 2.12. The van der Waals surface area contributed by atoms with E-state index in [-0.39, 0.29) is 6.42 Å². The Morgan fingerprint density at radius 3 is 2.39 bits per heavy atom. The number of carbonyl (C=O) groups is 3. The normalized spacial score (nSPS) is 11.7. The number of amides is 2. The first-order chi connectivity index (χ1) is 11.0. The number of nitrogens with one attached hydrogen (secondary N) is 2. The number of carbonyl (C=O) groups excluding carboxylic acids is 3. The van der Waals surface area contributed by atoms with Crippen LogP contribution in [0.5, 0.6) is 0 Å². The zero-order valence-corrected chi connectivity index (χ0v) is 13.5. The van der Waals surface area contributed by atoms with Crippen LogP contribution in [0.4, 0.5) is 0 Å². The first-order valence-electron chi connectivity index (χ1n) is 7.96. The Kier molecular flexibility index (Phi) is 8.60. The molecule has 0 saturated carbocycles. The quantitative estimate of drug-likeness (QED) is 0.324. The Bertz CT molecular complexity index is 517. The van der Waals surface area contributed by atoms with Crippen molar-refractivity contribution < 1.29 is 14.4 Å². The minimum Gasteiger partial charge on any atom is -0.368 e. The number of Topliss-reactive ketones (excluding diaryl/α,β-unsaturated/α-hetero) is 1. The summed E-state index contributed by atoms with van der Waals surface area (Å²) < 4.78 is 0. The third-order valence-electron chi connectivity index (χ3n) is 3.50. The number of hydrogen-bond donors (Lipinski definition) is 3. The zero-order valence-electron chi connectivity index (χ0n) is 13.5. The van der Waals surface area contributed by atoms with Crippen molar-refractivity contribution in [2.24, 2.45) is 5.73 Å². The second-order valence-corrected chi connectivity index (χ2v) is 5.48. The molecule has 0 unspecified atom stereocenters. The number of unbranched alkanes of at least 4 members (excludes halogenated alkanes) is 3. The minimum atomic E-state index is -0.769. The van der Waals surface area contributed by atoms with Crippen LogP contribution in [0.2, 0.25) is 0 Å². The van der Waals surface area contributed by atoms with E-state index in [0.717, 1.165) is 24.8 Å². The van der Waals surface area contributed by atoms with Crippen LogP contribution in [0.3, 0.4) is 0 Å². The SMILES string of the molecule is CCCCCCC(=O)C(=O)NN[C@@H](Cc1ccccc1)C(N)=O. The Morgan fingerprint density at radius 1 is 1.09 bits per heavy atom. The molecule has 6 heteroatoms. The number of rotatable bonds is 11. The topological polar surface area (TPSA) is 101 Å². The van der Waals surface area contributed by atoms with Crippen molar-refractivity contribution in [1.82, 2.24) is 10.9 Å². The number of primary amides is 1. The van der Waals surface area contributed by atoms with Gasteiger partial charge in [-0.1, -0.05) is 56.5 Å². The maximum absolute atomic E-state index is 11.7. The highest BCUT2D eigenvalue weighted by Crippen LogP contribution is 2.04. The van der Waals surface area contributed by atoms with E-state index in [1.54, 1.807) is 0 Å². The largest absolute Gasteiger partial charge is 0.368 e. The molecule has 1 aromatic rings. The van der Waals surface area contributed by atoms with Gasteiger partial charge in [-0.2, -0.15) is 0 Å². The van der Waals surface area contributed by atoms with Crippen molar-refractivity contribution >= 4 is 17.6 Å². The maximum atomic E-state index is 11.7. The maximum Gasteiger partial charge on any atom is 0.301 e. The van der Waals surface area contributed by atoms with Crippen LogP contribution in [-0.4, -0.2) is 23.6 Å². The van der Waals surface area contributed by atoms with E-state index in [4.69, 9.17) is 5.73 Å². The third kappa shape index (κ3) is 7.56. The molecule has 126 valence electrons. The van der Waals surface area contributed by atoms with E-state index in [1.807, 2.05) is 30.3 Å². The molecule has 0 saturated heterocycles. The standard InChI is InChI=1S/C17H25N3O3/c1-2-3-4-8-11-15(21)17(23)20-19-14(16(18)22)12-13-9-6-5-7-10-13/h5-7,9-10,14,19H,2-4,8,11-12H2,1H3,(H2,18,22)(H,20,23)/t14-/m0/s1. The minimum absolute atomic E-state index is 0.216. The lowest BCUT2D eigenvalue weighted by atomic mass is 10.1. The molecule has 0 aliphatic carbocycles. The predicted octanol–water partition coefficient (Wildman–Crippen LogP) is 1.24. The summed E-state index contributed by atoms with van der Waals surface area (Å²) in [5.74, 6) is -1.82. The number of ketones is 1. The van der Waals surface area contributed by atoms with Crippen molar-refractivity contribution in [3.8, 4) is 0 Å². The summed E-state index contributed by atoms with van der Waals surface area (Å²) in [6.45, 7) is 2.08. The lowest BCUT2D eigenvalue weighted by Gasteiger charge is -2.16. The Morgan fingerprint density at radius 2 is 1.78 bits per heavy atom. The molecule has 0 bridgehead atoms. The highest BCUT2D eigenvalue weighted by molar-refractivity contribution is 6.36. The van der Waals surface area contributed by atoms with Crippen LogP contribution >= 0.6 is 0 Å². The Balaban J connectivity index is 2.41. The molecule has 6 nitrogen and oxygen atoms in total. The van der Waals surface area contributed by atoms with Crippen LogP contribution < -0.4 is 16.6 Å². The second-order valence-electron chi connectivity index (χ2n) is 5.48. The average Bonchev–Trinajstić information content (AvgIpc) is 2.55. The lowest BCUT2D eigenvalue weighted by molar-refractivity contribution is -0.139. The molecule has 2 amide bonds. The number of benzene rings is 1. The van der Waals surface area contributed by atoms with Gasteiger partial charge in [0.15, 0.2) is 0 Å². The van der Waals surface area contributed by atoms with Crippen molar-refractivity contribution in [3.05, 3.63) is 35.9 Å². The molecular weight excluding hydrogens is 294 g/mol. The molecule has 1 rings (SSSR count). The van der Waals surface area contributed by atoms with E-state index >= 15 is 0 Å². The van der Waals surface area contributed by atoms with Gasteiger partial charge in [0.2, 0.25) is 11.7 Å². The highest BCUT2D eigenvalue weighted by atomic mass is 16.2. The molecule has 1 aromatic carbocycles. The van der Waals surface area contributed by atoms with Crippen LogP contribution in [0.15, 0.2) is 30.3 Å². The third-order valence-corrected chi connectivity index (χ3v) is 3.50. The average molecular weight is 319 g/mol. The predicted molar refractivity (Wildman–Crippen MR) is 88.2 cm³/mol. The summed E-state index contributed by atoms with van der Waals surface area (Å²) in [4.78, 5) is 34.8. The van der Waals surface area contributed by atoms with Gasteiger partial charge in [0, 0.05) is 6.42 Å². The summed E-state index contributed by atoms with van der Waals surface area (Å²) in [6.07, 6.45) is 4.30. The van der Waals surface area contributed by atoms with E-state index in [0.29, 0.717) is 12.8 Å². The number of hydrogen-bond acceptors (Lipinski definition) is 4. The van der Waals surface area contributed by atoms with Gasteiger partial charge in [-0.3, -0.25) is 19.8 Å². The Labute approximate surface area is 136 Å². The molecular formula is C17H25N3O3. The molecule has 4 N–H and O–H groups in total. The molecule has 0 heterocycles. The molecule has 0 aliphatic heterocycles. The van der Waals surface area contributed by atoms with Crippen molar-refractivity contribution in [2.45, 2.75) is 51.5 Å². The molecule has 1 atom stereocenters. The molecule has 0 radical (unpaired) electrons. The van der Waals surface area contributed by atoms with Crippen LogP contribution in [0, 0.1) is 0 Å². The molecule has 0 spiro atoms. The smallest absolute Gasteiger partial charge is 0.301 e. The van der Waals surface area contributed by atoms with Gasteiger partial charge >= 0.3 is 5.91 Å². The van der Waals surface area contributed by atoms with Gasteiger partial charge in [0.25, 0.3) is 0 Å². The van der Waals surface area contributed by atoms with E-state index in [9.17, 15) is 14.4 Å². The number of hydrazine groups is 1. The van der Waals surface area contributed by atoms with E-state index in [2.05, 4.69) is 17.8 Å². The van der Waals surface area contributed by atoms with Crippen molar-refractivity contribution in [1.29, 1.82) is 0 Å². The number of nitrogens with two attached hydrogens (primary N) is 1. The van der Waals surface area contributed by atoms with Crippen LogP contribution in [0.1, 0.15) is 44.6 Å². The molecule has 0 aromatic heterocycles. The van der Waals surface area contributed by atoms with Gasteiger partial charge in [-0.15, -0.1) is 0 Å². The molecule has 23 heavy (non-hydrogen) atoms. The lowest BCUT2D eigenvalue weighted by Crippen LogP contribution is -2.53. The second kappa shape index (κ2) is 10.5. The molecule has 0 aliphatic rings. The van der Waals surface area contributed by atoms with Crippen molar-refractivity contribution in [3.63, 3.8) is 0 Å². The summed E-state index contributed by atoms with van der Waals surface area (Å²) in [5.41, 5.74) is 11.1. The van der Waals surface area contributed by atoms with E-state index in [1.165, 1.54) is 0 Å². The first kappa shape index (κ1) is 18.8. The Hall–Kier alpha value is -2.21. The summed E-state index contributed by atoms with van der Waals surface area (Å²) >= 11 is 0. The highest BCUT2D eigenvalue weighted by Gasteiger charge is 2.19. The first-order valence-corrected chi connectivity index (χ1v) is 7.96. The van der Waals surface area contributed by atoms with E-state index < -0.39 is 23.6 Å². The summed E-state index contributed by atoms with van der Waals surface area (Å²) in [7, 11) is 0. The summed E-state index contributed by atoms with van der Waals surface area (Å²) in [6, 6.07) is 8.53. The van der Waals surface area contributed by atoms with Crippen LogP contribution in [0.25, 0.3) is 0 Å². The molecule has 0 fully saturated rings. The summed E-state index contributed by atoms with van der Waals surface area (Å²) in [5, 5.41) is 0. The van der Waals surface area contributed by atoms with Crippen molar-refractivity contribution in [2.75, 3.05) is 0 Å². The van der Waals surface area contributed by atoms with Gasteiger partial charge in [-0.25, -0.2) is 5.43 Å². The zero-order chi connectivity index (χ0) is 17.1. The monoisotopic (exact) mass is 319 g/mol. The van der Waals surface area contributed by atoms with Crippen LogP contribution in [-0.2, 0) is 20.8 Å². The fourth-order valence-electron chi connectivity index (χ4n) is 2.12. The van der Waals surface area contributed by atoms with Gasteiger partial charge in [-0.05, 0) is 18.4 Å². The van der Waals surface area contributed by atoms with Gasteiger partial charge < -0.3 is 5.73 Å².